The standard InChI is InChI=1S/C14H26O4.C4H10O2/c1-3-5-8-12(4-2)11-18-14(17)10-7-6-9-13(15)16;1-4(6)2-3-5/h12H,3-11H2,1-2H3,(H,15,16);4-6H,2-3H2,1H3. The second-order valence-corrected chi connectivity index (χ2v) is 6.06. The summed E-state index contributed by atoms with van der Waals surface area (Å²) >= 11 is 0. The molecule has 0 aliphatic rings. The number of aliphatic carboxylic acids is 1. The van der Waals surface area contributed by atoms with Crippen LogP contribution in [0.1, 0.15) is 78.6 Å². The van der Waals surface area contributed by atoms with Gasteiger partial charge in [0.25, 0.3) is 0 Å². The smallest absolute Gasteiger partial charge is 0.305 e. The molecule has 24 heavy (non-hydrogen) atoms. The lowest BCUT2D eigenvalue weighted by Crippen LogP contribution is -2.13. The van der Waals surface area contributed by atoms with Gasteiger partial charge in [0.05, 0.1) is 12.7 Å². The van der Waals surface area contributed by atoms with Crippen LogP contribution in [0.2, 0.25) is 0 Å². The maximum atomic E-state index is 11.4. The number of carboxylic acids is 1. The van der Waals surface area contributed by atoms with Gasteiger partial charge in [-0.25, -0.2) is 0 Å². The fraction of sp³-hybridized carbons (Fsp3) is 0.889. The summed E-state index contributed by atoms with van der Waals surface area (Å²) in [6.07, 6.45) is 6.21. The molecular formula is C18H36O6. The maximum Gasteiger partial charge on any atom is 0.305 e. The molecule has 0 saturated carbocycles. The second kappa shape index (κ2) is 18.2. The maximum absolute atomic E-state index is 11.4. The van der Waals surface area contributed by atoms with Gasteiger partial charge in [-0.1, -0.05) is 33.1 Å². The molecule has 0 bridgehead atoms. The lowest BCUT2D eigenvalue weighted by Gasteiger charge is -2.14. The molecule has 0 aliphatic carbocycles. The van der Waals surface area contributed by atoms with Gasteiger partial charge >= 0.3 is 11.9 Å². The SMILES string of the molecule is CC(O)CCO.CCCCC(CC)COC(=O)CCCCC(=O)O. The van der Waals surface area contributed by atoms with Crippen LogP contribution >= 0.6 is 0 Å². The minimum atomic E-state index is -0.811. The molecule has 0 aromatic heterocycles. The lowest BCUT2D eigenvalue weighted by molar-refractivity contribution is -0.145. The number of unbranched alkanes of at least 4 members (excludes halogenated alkanes) is 2. The Labute approximate surface area is 146 Å². The van der Waals surface area contributed by atoms with Gasteiger partial charge in [0.1, 0.15) is 0 Å². The van der Waals surface area contributed by atoms with E-state index in [9.17, 15) is 9.59 Å². The Hall–Kier alpha value is -1.14. The largest absolute Gasteiger partial charge is 0.481 e. The highest BCUT2D eigenvalue weighted by atomic mass is 16.5. The summed E-state index contributed by atoms with van der Waals surface area (Å²) < 4.78 is 5.21. The third kappa shape index (κ3) is 20.9. The first-order valence-electron chi connectivity index (χ1n) is 9.03. The van der Waals surface area contributed by atoms with E-state index in [1.165, 1.54) is 12.8 Å². The molecule has 0 amide bonds. The van der Waals surface area contributed by atoms with E-state index >= 15 is 0 Å². The first kappa shape index (κ1) is 25.1. The molecule has 2 unspecified atom stereocenters. The Balaban J connectivity index is 0. The highest BCUT2D eigenvalue weighted by molar-refractivity contribution is 5.69. The summed E-state index contributed by atoms with van der Waals surface area (Å²) in [5.41, 5.74) is 0. The Kier molecular flexibility index (Phi) is 19.0. The molecule has 0 heterocycles. The number of aliphatic hydroxyl groups excluding tert-OH is 2. The van der Waals surface area contributed by atoms with Crippen molar-refractivity contribution >= 4 is 11.9 Å². The van der Waals surface area contributed by atoms with Crippen LogP contribution in [0.3, 0.4) is 0 Å². The third-order valence-electron chi connectivity index (χ3n) is 3.59. The zero-order chi connectivity index (χ0) is 18.8. The number of hydrogen-bond donors (Lipinski definition) is 3. The lowest BCUT2D eigenvalue weighted by atomic mass is 10.0. The van der Waals surface area contributed by atoms with Gasteiger partial charge in [-0.05, 0) is 38.5 Å². The van der Waals surface area contributed by atoms with Crippen molar-refractivity contribution in [1.29, 1.82) is 0 Å². The fourth-order valence-electron chi connectivity index (χ4n) is 1.91. The molecule has 0 radical (unpaired) electrons. The normalized spacial score (nSPS) is 12.7. The second-order valence-electron chi connectivity index (χ2n) is 6.06. The van der Waals surface area contributed by atoms with Crippen LogP contribution in [0.25, 0.3) is 0 Å². The fourth-order valence-corrected chi connectivity index (χ4v) is 1.91. The van der Waals surface area contributed by atoms with Gasteiger partial charge in [0.15, 0.2) is 0 Å². The molecular weight excluding hydrogens is 312 g/mol. The molecule has 0 fully saturated rings. The summed E-state index contributed by atoms with van der Waals surface area (Å²) in [6.45, 7) is 6.50. The van der Waals surface area contributed by atoms with Crippen LogP contribution < -0.4 is 0 Å². The molecule has 0 saturated heterocycles. The molecule has 0 spiro atoms. The molecule has 6 nitrogen and oxygen atoms in total. The van der Waals surface area contributed by atoms with Crippen LogP contribution in [-0.4, -0.2) is 46.6 Å². The Morgan fingerprint density at radius 2 is 1.67 bits per heavy atom. The van der Waals surface area contributed by atoms with E-state index in [0.29, 0.717) is 38.2 Å². The number of aliphatic hydroxyl groups is 2. The Morgan fingerprint density at radius 1 is 1.04 bits per heavy atom. The molecule has 6 heteroatoms. The van der Waals surface area contributed by atoms with E-state index < -0.39 is 5.97 Å². The van der Waals surface area contributed by atoms with Crippen molar-refractivity contribution in [2.24, 2.45) is 5.92 Å². The summed E-state index contributed by atoms with van der Waals surface area (Å²) in [6, 6.07) is 0. The highest BCUT2D eigenvalue weighted by Gasteiger charge is 2.10. The molecule has 2 atom stereocenters. The topological polar surface area (TPSA) is 104 Å². The van der Waals surface area contributed by atoms with Crippen molar-refractivity contribution in [2.45, 2.75) is 84.7 Å². The summed E-state index contributed by atoms with van der Waals surface area (Å²) in [5.74, 6) is -0.544. The summed E-state index contributed by atoms with van der Waals surface area (Å²) in [4.78, 5) is 21.7. The van der Waals surface area contributed by atoms with Crippen LogP contribution in [0.5, 0.6) is 0 Å². The van der Waals surface area contributed by atoms with Crippen molar-refractivity contribution in [3.63, 3.8) is 0 Å². The van der Waals surface area contributed by atoms with E-state index in [1.807, 2.05) is 0 Å². The number of carbonyl (C=O) groups is 2. The van der Waals surface area contributed by atoms with Crippen molar-refractivity contribution in [3.05, 3.63) is 0 Å². The zero-order valence-electron chi connectivity index (χ0n) is 15.5. The molecule has 144 valence electrons. The predicted octanol–water partition coefficient (Wildman–Crippen LogP) is 3.14. The van der Waals surface area contributed by atoms with E-state index in [2.05, 4.69) is 13.8 Å². The molecule has 0 aliphatic heterocycles. The van der Waals surface area contributed by atoms with Crippen molar-refractivity contribution in [1.82, 2.24) is 0 Å². The van der Waals surface area contributed by atoms with E-state index in [-0.39, 0.29) is 25.1 Å². The van der Waals surface area contributed by atoms with E-state index in [4.69, 9.17) is 20.1 Å². The molecule has 0 rings (SSSR count). The average Bonchev–Trinajstić information content (AvgIpc) is 2.52. The molecule has 0 aromatic carbocycles. The number of ether oxygens (including phenoxy) is 1. The van der Waals surface area contributed by atoms with Crippen LogP contribution in [0.4, 0.5) is 0 Å². The zero-order valence-corrected chi connectivity index (χ0v) is 15.5. The first-order valence-corrected chi connectivity index (χ1v) is 9.03. The molecule has 0 aromatic rings. The molecule has 3 N–H and O–H groups in total. The Bertz CT molecular complexity index is 304. The van der Waals surface area contributed by atoms with Gasteiger partial charge in [-0.3, -0.25) is 9.59 Å². The number of rotatable bonds is 13. The quantitative estimate of drug-likeness (QED) is 0.349. The van der Waals surface area contributed by atoms with Crippen molar-refractivity contribution in [3.8, 4) is 0 Å². The summed E-state index contributed by atoms with van der Waals surface area (Å²) in [5, 5.41) is 24.9. The van der Waals surface area contributed by atoms with E-state index in [1.54, 1.807) is 6.92 Å². The predicted molar refractivity (Wildman–Crippen MR) is 93.8 cm³/mol. The number of esters is 1. The van der Waals surface area contributed by atoms with Crippen LogP contribution in [0.15, 0.2) is 0 Å². The Morgan fingerprint density at radius 3 is 2.08 bits per heavy atom. The minimum Gasteiger partial charge on any atom is -0.481 e. The van der Waals surface area contributed by atoms with Gasteiger partial charge < -0.3 is 20.1 Å². The third-order valence-corrected chi connectivity index (χ3v) is 3.59. The number of carbonyl (C=O) groups excluding carboxylic acids is 1. The van der Waals surface area contributed by atoms with Gasteiger partial charge in [-0.15, -0.1) is 0 Å². The van der Waals surface area contributed by atoms with Gasteiger partial charge in [-0.2, -0.15) is 0 Å². The highest BCUT2D eigenvalue weighted by Crippen LogP contribution is 2.13. The van der Waals surface area contributed by atoms with Gasteiger partial charge in [0, 0.05) is 19.4 Å². The first-order chi connectivity index (χ1) is 11.4. The minimum absolute atomic E-state index is 0.0810. The monoisotopic (exact) mass is 348 g/mol. The van der Waals surface area contributed by atoms with Crippen LogP contribution in [0, 0.1) is 5.92 Å². The number of carboxylic acid groups (broad SMARTS) is 1. The van der Waals surface area contributed by atoms with E-state index in [0.717, 1.165) is 12.8 Å². The van der Waals surface area contributed by atoms with Crippen molar-refractivity contribution < 1.29 is 29.6 Å². The summed E-state index contributed by atoms with van der Waals surface area (Å²) in [7, 11) is 0. The van der Waals surface area contributed by atoms with Crippen LogP contribution in [-0.2, 0) is 14.3 Å². The van der Waals surface area contributed by atoms with Gasteiger partial charge in [0.2, 0.25) is 0 Å². The number of hydrogen-bond acceptors (Lipinski definition) is 5. The average molecular weight is 348 g/mol. The van der Waals surface area contributed by atoms with Crippen molar-refractivity contribution in [2.75, 3.05) is 13.2 Å².